The molecule has 0 atom stereocenters. The van der Waals surface area contributed by atoms with Crippen LogP contribution in [0.2, 0.25) is 0 Å². The molecule has 0 unspecified atom stereocenters. The Morgan fingerprint density at radius 1 is 0.889 bits per heavy atom. The average Bonchev–Trinajstić information content (AvgIpc) is 2.52. The van der Waals surface area contributed by atoms with Crippen LogP contribution >= 0.6 is 0 Å². The number of para-hydroxylation sites is 1. The van der Waals surface area contributed by atoms with E-state index in [1.807, 2.05) is 0 Å². The Hall–Kier alpha value is -3.25. The summed E-state index contributed by atoms with van der Waals surface area (Å²) in [6.07, 6.45) is -12.3. The highest BCUT2D eigenvalue weighted by Crippen LogP contribution is 2.52. The summed E-state index contributed by atoms with van der Waals surface area (Å²) in [6, 6.07) is 4.68. The zero-order chi connectivity index (χ0) is 20.2. The molecule has 3 rings (SSSR count). The van der Waals surface area contributed by atoms with E-state index in [4.69, 9.17) is 0 Å². The van der Waals surface area contributed by atoms with Crippen molar-refractivity contribution in [2.45, 2.75) is 17.9 Å². The smallest absolute Gasteiger partial charge is 0.312 e. The summed E-state index contributed by atoms with van der Waals surface area (Å²) in [5.74, 6) is -1.23. The first kappa shape index (κ1) is 18.5. The van der Waals surface area contributed by atoms with Crippen LogP contribution < -0.4 is 21.9 Å². The van der Waals surface area contributed by atoms with Gasteiger partial charge in [-0.3, -0.25) is 15.1 Å². The van der Waals surface area contributed by atoms with Crippen LogP contribution in [0.15, 0.2) is 39.9 Å². The van der Waals surface area contributed by atoms with Crippen molar-refractivity contribution >= 4 is 11.8 Å². The lowest BCUT2D eigenvalue weighted by Gasteiger charge is -2.41. The molecule has 1 aromatic heterocycles. The number of alkyl halides is 6. The highest BCUT2D eigenvalue weighted by atomic mass is 19.4. The van der Waals surface area contributed by atoms with Crippen LogP contribution in [-0.4, -0.2) is 27.9 Å². The molecule has 2 aromatic rings. The van der Waals surface area contributed by atoms with E-state index in [9.17, 15) is 40.7 Å². The van der Waals surface area contributed by atoms with Crippen molar-refractivity contribution < 1.29 is 31.1 Å². The van der Waals surface area contributed by atoms with E-state index in [1.54, 1.807) is 5.32 Å². The maximum Gasteiger partial charge on any atom is 0.425 e. The lowest BCUT2D eigenvalue weighted by Crippen LogP contribution is -2.70. The maximum absolute atomic E-state index is 13.6. The molecule has 1 aliphatic rings. The van der Waals surface area contributed by atoms with Crippen LogP contribution in [0.4, 0.5) is 37.0 Å². The Labute approximate surface area is 144 Å². The van der Waals surface area contributed by atoms with Gasteiger partial charge < -0.3 is 5.32 Å². The van der Waals surface area contributed by atoms with Gasteiger partial charge in [-0.1, -0.05) is 18.2 Å². The number of anilines is 1. The van der Waals surface area contributed by atoms with E-state index in [1.165, 1.54) is 35.3 Å². The minimum Gasteiger partial charge on any atom is -0.312 e. The van der Waals surface area contributed by atoms with Gasteiger partial charge in [0.15, 0.2) is 0 Å². The van der Waals surface area contributed by atoms with Crippen molar-refractivity contribution in [3.8, 4) is 5.69 Å². The SMILES string of the molecule is O=C1Nc2c(c(=O)[nH]c(=O)n2-c2ccccc2)C(C(F)(F)F)(C(F)(F)F)N1. The molecule has 2 heterocycles. The molecule has 0 bridgehead atoms. The minimum atomic E-state index is -6.14. The van der Waals surface area contributed by atoms with Crippen molar-refractivity contribution in [1.29, 1.82) is 0 Å². The third-order valence-corrected chi connectivity index (χ3v) is 3.88. The van der Waals surface area contributed by atoms with Gasteiger partial charge in [-0.2, -0.15) is 26.3 Å². The van der Waals surface area contributed by atoms with E-state index >= 15 is 0 Å². The molecular weight excluding hydrogens is 386 g/mol. The molecule has 2 amide bonds. The third-order valence-electron chi connectivity index (χ3n) is 3.88. The van der Waals surface area contributed by atoms with Gasteiger partial charge in [-0.15, -0.1) is 0 Å². The molecule has 27 heavy (non-hydrogen) atoms. The van der Waals surface area contributed by atoms with Crippen molar-refractivity contribution in [1.82, 2.24) is 14.9 Å². The second-order valence-electron chi connectivity index (χ2n) is 5.48. The first-order valence-corrected chi connectivity index (χ1v) is 7.08. The molecule has 144 valence electrons. The van der Waals surface area contributed by atoms with Crippen LogP contribution in [0.1, 0.15) is 5.56 Å². The number of aromatic amines is 1. The number of hydrogen-bond acceptors (Lipinski definition) is 3. The van der Waals surface area contributed by atoms with Gasteiger partial charge in [0, 0.05) is 0 Å². The number of benzene rings is 1. The van der Waals surface area contributed by atoms with Gasteiger partial charge in [0.1, 0.15) is 11.4 Å². The summed E-state index contributed by atoms with van der Waals surface area (Å²) >= 11 is 0. The van der Waals surface area contributed by atoms with Crippen molar-refractivity contribution in [2.24, 2.45) is 0 Å². The molecule has 7 nitrogen and oxygen atoms in total. The second kappa shape index (κ2) is 5.62. The van der Waals surface area contributed by atoms with Gasteiger partial charge in [-0.05, 0) is 12.1 Å². The second-order valence-corrected chi connectivity index (χ2v) is 5.48. The fourth-order valence-corrected chi connectivity index (χ4v) is 2.78. The molecule has 1 aliphatic heterocycles. The van der Waals surface area contributed by atoms with Gasteiger partial charge in [0.2, 0.25) is 0 Å². The summed E-state index contributed by atoms with van der Waals surface area (Å²) in [7, 11) is 0. The summed E-state index contributed by atoms with van der Waals surface area (Å²) in [5.41, 5.74) is -10.3. The van der Waals surface area contributed by atoms with E-state index in [0.29, 0.717) is 4.57 Å². The zero-order valence-corrected chi connectivity index (χ0v) is 12.8. The molecule has 3 N–H and O–H groups in total. The quantitative estimate of drug-likeness (QED) is 0.646. The van der Waals surface area contributed by atoms with Crippen molar-refractivity contribution in [3.63, 3.8) is 0 Å². The first-order chi connectivity index (χ1) is 12.4. The largest absolute Gasteiger partial charge is 0.425 e. The molecule has 13 heteroatoms. The predicted molar refractivity (Wildman–Crippen MR) is 78.6 cm³/mol. The summed E-state index contributed by atoms with van der Waals surface area (Å²) in [6.45, 7) is 0. The molecule has 1 aromatic carbocycles. The lowest BCUT2D eigenvalue weighted by atomic mass is 9.87. The number of halogens is 6. The Kier molecular flexibility index (Phi) is 3.86. The van der Waals surface area contributed by atoms with Crippen molar-refractivity contribution in [2.75, 3.05) is 5.32 Å². The van der Waals surface area contributed by atoms with E-state index in [-0.39, 0.29) is 5.69 Å². The number of carbonyl (C=O) groups is 1. The third kappa shape index (κ3) is 2.57. The fraction of sp³-hybridized carbons (Fsp3) is 0.214. The normalized spacial score (nSPS) is 16.3. The Bertz CT molecular complexity index is 1010. The van der Waals surface area contributed by atoms with Crippen LogP contribution in [0, 0.1) is 0 Å². The monoisotopic (exact) mass is 394 g/mol. The highest BCUT2D eigenvalue weighted by molar-refractivity contribution is 5.93. The Morgan fingerprint density at radius 2 is 1.44 bits per heavy atom. The number of fused-ring (bicyclic) bond motifs is 1. The number of nitrogens with one attached hydrogen (secondary N) is 3. The standard InChI is InChI=1S/C14H8F6N4O3/c15-13(16,17)12(14(18,19)20)7-8(21-10(26)23-12)24(11(27)22-9(7)25)6-4-2-1-3-5-6/h1-5H,(H2,21,23,26)(H,22,25,27). The number of nitrogens with zero attached hydrogens (tertiary/aromatic N) is 1. The maximum atomic E-state index is 13.6. The van der Waals surface area contributed by atoms with Gasteiger partial charge in [0.05, 0.1) is 5.69 Å². The van der Waals surface area contributed by atoms with Crippen molar-refractivity contribution in [3.05, 3.63) is 56.7 Å². The molecule has 0 radical (unpaired) electrons. The number of rotatable bonds is 1. The highest BCUT2D eigenvalue weighted by Gasteiger charge is 2.76. The van der Waals surface area contributed by atoms with Gasteiger partial charge >= 0.3 is 24.1 Å². The van der Waals surface area contributed by atoms with Crippen LogP contribution in [-0.2, 0) is 5.54 Å². The topological polar surface area (TPSA) is 96.0 Å². The lowest BCUT2D eigenvalue weighted by molar-refractivity contribution is -0.310. The van der Waals surface area contributed by atoms with Crippen LogP contribution in [0.5, 0.6) is 0 Å². The molecule has 0 spiro atoms. The number of amides is 2. The molecule has 0 saturated carbocycles. The zero-order valence-electron chi connectivity index (χ0n) is 12.8. The first-order valence-electron chi connectivity index (χ1n) is 7.08. The number of carbonyl (C=O) groups excluding carboxylic acids is 1. The minimum absolute atomic E-state index is 0.171. The summed E-state index contributed by atoms with van der Waals surface area (Å²) in [4.78, 5) is 37.3. The van der Waals surface area contributed by atoms with Gasteiger partial charge in [-0.25, -0.2) is 14.2 Å². The van der Waals surface area contributed by atoms with Crippen LogP contribution in [0.25, 0.3) is 5.69 Å². The number of aromatic nitrogens is 2. The van der Waals surface area contributed by atoms with Crippen LogP contribution in [0.3, 0.4) is 0 Å². The number of hydrogen-bond donors (Lipinski definition) is 3. The Morgan fingerprint density at radius 3 is 1.96 bits per heavy atom. The predicted octanol–water partition coefficient (Wildman–Crippen LogP) is 1.98. The molecule has 0 aliphatic carbocycles. The van der Waals surface area contributed by atoms with E-state index < -0.39 is 46.6 Å². The van der Waals surface area contributed by atoms with E-state index in [0.717, 1.165) is 5.32 Å². The molecule has 0 fully saturated rings. The Balaban J connectivity index is 2.52. The average molecular weight is 394 g/mol. The molecular formula is C14H8F6N4O3. The summed E-state index contributed by atoms with van der Waals surface area (Å²) in [5, 5.41) is 2.47. The molecule has 0 saturated heterocycles. The summed E-state index contributed by atoms with van der Waals surface area (Å²) < 4.78 is 81.7. The fourth-order valence-electron chi connectivity index (χ4n) is 2.78. The number of H-pyrrole nitrogens is 1. The van der Waals surface area contributed by atoms with E-state index in [2.05, 4.69) is 0 Å². The number of urea groups is 1. The van der Waals surface area contributed by atoms with Gasteiger partial charge in [0.25, 0.3) is 11.1 Å².